The largest absolute Gasteiger partial charge is 0.369 e. The molecule has 0 saturated carbocycles. The summed E-state index contributed by atoms with van der Waals surface area (Å²) in [5, 5.41) is 3.04. The number of hydrogen-bond acceptors (Lipinski definition) is 5. The first-order valence-electron chi connectivity index (χ1n) is 10.8. The van der Waals surface area contributed by atoms with Crippen molar-refractivity contribution in [3.8, 4) is 0 Å². The predicted molar refractivity (Wildman–Crippen MR) is 111 cm³/mol. The first kappa shape index (κ1) is 21.7. The highest BCUT2D eigenvalue weighted by molar-refractivity contribution is 5.79. The van der Waals surface area contributed by atoms with Crippen LogP contribution in [-0.4, -0.2) is 71.5 Å². The molecule has 1 unspecified atom stereocenters. The monoisotopic (exact) mass is 402 g/mol. The standard InChI is InChI=1S/C22H34N4O3/c1-17(2)29-16-21(27)25-12-8-20(9-13-25)26-11-5-6-18(15-26)22(28)24-14-19-7-3-4-10-23-19/h3-4,7,10,17-18,20H,5-6,8-9,11-16H2,1-2H3,(H,24,28). The molecule has 1 aromatic rings. The van der Waals surface area contributed by atoms with E-state index in [4.69, 9.17) is 4.74 Å². The van der Waals surface area contributed by atoms with Gasteiger partial charge in [-0.15, -0.1) is 0 Å². The van der Waals surface area contributed by atoms with Gasteiger partial charge < -0.3 is 15.0 Å². The summed E-state index contributed by atoms with van der Waals surface area (Å²) in [5.41, 5.74) is 0.881. The predicted octanol–water partition coefficient (Wildman–Crippen LogP) is 1.83. The van der Waals surface area contributed by atoms with E-state index in [9.17, 15) is 9.59 Å². The van der Waals surface area contributed by atoms with E-state index < -0.39 is 0 Å². The minimum atomic E-state index is 0.0339. The molecule has 160 valence electrons. The lowest BCUT2D eigenvalue weighted by atomic mass is 9.93. The lowest BCUT2D eigenvalue weighted by Gasteiger charge is -2.42. The average molecular weight is 403 g/mol. The van der Waals surface area contributed by atoms with Crippen LogP contribution in [0.3, 0.4) is 0 Å². The van der Waals surface area contributed by atoms with Gasteiger partial charge in [0.05, 0.1) is 24.3 Å². The van der Waals surface area contributed by atoms with Crippen LogP contribution in [0.25, 0.3) is 0 Å². The molecule has 0 radical (unpaired) electrons. The Kier molecular flexibility index (Phi) is 8.00. The van der Waals surface area contributed by atoms with Crippen molar-refractivity contribution in [1.82, 2.24) is 20.1 Å². The smallest absolute Gasteiger partial charge is 0.248 e. The fourth-order valence-corrected chi connectivity index (χ4v) is 4.19. The van der Waals surface area contributed by atoms with E-state index in [0.717, 1.165) is 57.6 Å². The molecule has 2 saturated heterocycles. The van der Waals surface area contributed by atoms with Crippen molar-refractivity contribution in [3.63, 3.8) is 0 Å². The molecule has 0 aromatic carbocycles. The van der Waals surface area contributed by atoms with Gasteiger partial charge in [0.2, 0.25) is 11.8 Å². The number of nitrogens with one attached hydrogen (secondary N) is 1. The molecule has 2 fully saturated rings. The summed E-state index contributed by atoms with van der Waals surface area (Å²) < 4.78 is 5.44. The third kappa shape index (κ3) is 6.51. The zero-order valence-electron chi connectivity index (χ0n) is 17.7. The Labute approximate surface area is 173 Å². The summed E-state index contributed by atoms with van der Waals surface area (Å²) in [7, 11) is 0. The number of hydrogen-bond donors (Lipinski definition) is 1. The normalized spacial score (nSPS) is 21.3. The maximum Gasteiger partial charge on any atom is 0.248 e. The molecule has 7 heteroatoms. The van der Waals surface area contributed by atoms with Crippen molar-refractivity contribution in [3.05, 3.63) is 30.1 Å². The number of nitrogens with zero attached hydrogens (tertiary/aromatic N) is 3. The highest BCUT2D eigenvalue weighted by atomic mass is 16.5. The van der Waals surface area contributed by atoms with Gasteiger partial charge in [-0.1, -0.05) is 6.07 Å². The summed E-state index contributed by atoms with van der Waals surface area (Å²) in [5.74, 6) is 0.243. The Hall–Kier alpha value is -1.99. The number of carbonyl (C=O) groups excluding carboxylic acids is 2. The molecule has 2 amide bonds. The van der Waals surface area contributed by atoms with Crippen LogP contribution in [0.5, 0.6) is 0 Å². The molecule has 0 aliphatic carbocycles. The number of aromatic nitrogens is 1. The number of amides is 2. The summed E-state index contributed by atoms with van der Waals surface area (Å²) in [6, 6.07) is 6.19. The number of pyridine rings is 1. The van der Waals surface area contributed by atoms with Crippen LogP contribution in [0.15, 0.2) is 24.4 Å². The number of carbonyl (C=O) groups is 2. The van der Waals surface area contributed by atoms with Crippen molar-refractivity contribution >= 4 is 11.8 Å². The van der Waals surface area contributed by atoms with Gasteiger partial charge in [0.15, 0.2) is 0 Å². The van der Waals surface area contributed by atoms with Crippen molar-refractivity contribution < 1.29 is 14.3 Å². The van der Waals surface area contributed by atoms with Gasteiger partial charge in [0.25, 0.3) is 0 Å². The van der Waals surface area contributed by atoms with Crippen molar-refractivity contribution in [2.45, 2.75) is 58.2 Å². The molecule has 1 atom stereocenters. The summed E-state index contributed by atoms with van der Waals surface area (Å²) in [4.78, 5) is 33.5. The van der Waals surface area contributed by atoms with Crippen LogP contribution >= 0.6 is 0 Å². The Balaban J connectivity index is 1.42. The van der Waals surface area contributed by atoms with Crippen LogP contribution in [0.4, 0.5) is 0 Å². The van der Waals surface area contributed by atoms with E-state index in [1.165, 1.54) is 0 Å². The molecule has 7 nitrogen and oxygen atoms in total. The SMILES string of the molecule is CC(C)OCC(=O)N1CCC(N2CCCC(C(=O)NCc3ccccn3)C2)CC1. The second kappa shape index (κ2) is 10.7. The van der Waals surface area contributed by atoms with Gasteiger partial charge in [-0.3, -0.25) is 19.5 Å². The van der Waals surface area contributed by atoms with Crippen molar-refractivity contribution in [2.24, 2.45) is 5.92 Å². The molecule has 0 spiro atoms. The summed E-state index contributed by atoms with van der Waals surface area (Å²) in [6.45, 7) is 7.94. The summed E-state index contributed by atoms with van der Waals surface area (Å²) >= 11 is 0. The fraction of sp³-hybridized carbons (Fsp3) is 0.682. The lowest BCUT2D eigenvalue weighted by Crippen LogP contribution is -2.52. The fourth-order valence-electron chi connectivity index (χ4n) is 4.19. The molecule has 1 N–H and O–H groups in total. The van der Waals surface area contributed by atoms with Crippen LogP contribution < -0.4 is 5.32 Å². The van der Waals surface area contributed by atoms with Gasteiger partial charge in [0.1, 0.15) is 6.61 Å². The molecule has 3 heterocycles. The van der Waals surface area contributed by atoms with E-state index in [-0.39, 0.29) is 30.4 Å². The van der Waals surface area contributed by atoms with Crippen LogP contribution in [0.1, 0.15) is 45.2 Å². The van der Waals surface area contributed by atoms with Crippen molar-refractivity contribution in [1.29, 1.82) is 0 Å². The van der Waals surface area contributed by atoms with E-state index in [0.29, 0.717) is 12.6 Å². The molecular formula is C22H34N4O3. The molecule has 3 rings (SSSR count). The van der Waals surface area contributed by atoms with Gasteiger partial charge in [-0.2, -0.15) is 0 Å². The minimum absolute atomic E-state index is 0.0339. The first-order chi connectivity index (χ1) is 14.0. The van der Waals surface area contributed by atoms with E-state index in [2.05, 4.69) is 15.2 Å². The second-order valence-corrected chi connectivity index (χ2v) is 8.34. The Morgan fingerprint density at radius 2 is 2.00 bits per heavy atom. The van der Waals surface area contributed by atoms with Gasteiger partial charge in [0, 0.05) is 31.9 Å². The highest BCUT2D eigenvalue weighted by Crippen LogP contribution is 2.24. The maximum absolute atomic E-state index is 12.6. The third-order valence-electron chi connectivity index (χ3n) is 5.87. The topological polar surface area (TPSA) is 74.8 Å². The lowest BCUT2D eigenvalue weighted by molar-refractivity contribution is -0.139. The number of piperidine rings is 2. The number of ether oxygens (including phenoxy) is 1. The van der Waals surface area contributed by atoms with Crippen LogP contribution in [-0.2, 0) is 20.9 Å². The van der Waals surface area contributed by atoms with Gasteiger partial charge in [-0.05, 0) is 58.2 Å². The molecule has 2 aliphatic heterocycles. The number of rotatable bonds is 7. The van der Waals surface area contributed by atoms with Crippen LogP contribution in [0.2, 0.25) is 0 Å². The van der Waals surface area contributed by atoms with Crippen LogP contribution in [0, 0.1) is 5.92 Å². The first-order valence-corrected chi connectivity index (χ1v) is 10.8. The summed E-state index contributed by atoms with van der Waals surface area (Å²) in [6.07, 6.45) is 5.74. The van der Waals surface area contributed by atoms with E-state index in [1.807, 2.05) is 36.9 Å². The molecule has 1 aromatic heterocycles. The molecule has 2 aliphatic rings. The average Bonchev–Trinajstić information content (AvgIpc) is 2.76. The number of likely N-dealkylation sites (tertiary alicyclic amines) is 2. The molecule has 29 heavy (non-hydrogen) atoms. The zero-order valence-corrected chi connectivity index (χ0v) is 17.7. The second-order valence-electron chi connectivity index (χ2n) is 8.34. The quantitative estimate of drug-likeness (QED) is 0.753. The Morgan fingerprint density at radius 1 is 1.21 bits per heavy atom. The Bertz CT molecular complexity index is 659. The van der Waals surface area contributed by atoms with E-state index in [1.54, 1.807) is 6.20 Å². The molecular weight excluding hydrogens is 368 g/mol. The minimum Gasteiger partial charge on any atom is -0.369 e. The van der Waals surface area contributed by atoms with Crippen molar-refractivity contribution in [2.75, 3.05) is 32.8 Å². The Morgan fingerprint density at radius 3 is 2.69 bits per heavy atom. The van der Waals surface area contributed by atoms with Gasteiger partial charge >= 0.3 is 0 Å². The third-order valence-corrected chi connectivity index (χ3v) is 5.87. The van der Waals surface area contributed by atoms with E-state index >= 15 is 0 Å². The highest BCUT2D eigenvalue weighted by Gasteiger charge is 2.32. The molecule has 0 bridgehead atoms. The van der Waals surface area contributed by atoms with Gasteiger partial charge in [-0.25, -0.2) is 0 Å². The maximum atomic E-state index is 12.6. The zero-order chi connectivity index (χ0) is 20.6.